The fraction of sp³-hybridized carbons (Fsp3) is 0.400. The standard InChI is InChI=1S/C35H38FN7O5/c1-19(2)27-29(20(3)11-12-38-27)43-31-25(16-23(17-37)28(39-31)24-15-22(32(44)47-8)9-10-26(24)36)30(40-33(43)45)42-14-13-41(18-21(42)4)34(46)48-35(5,6)7/h9-12,15-16,19,21H,13-14,18H2,1-8H3/t21-/m0/s1. The van der Waals surface area contributed by atoms with E-state index in [1.54, 1.807) is 37.9 Å². The number of pyridine rings is 2. The number of nitriles is 1. The number of amides is 1. The quantitative estimate of drug-likeness (QED) is 0.252. The van der Waals surface area contributed by atoms with Crippen molar-refractivity contribution in [2.75, 3.05) is 31.6 Å². The van der Waals surface area contributed by atoms with Gasteiger partial charge < -0.3 is 19.3 Å². The number of methoxy groups -OCH3 is 1. The van der Waals surface area contributed by atoms with Gasteiger partial charge in [-0.25, -0.2) is 28.3 Å². The first-order chi connectivity index (χ1) is 22.6. The van der Waals surface area contributed by atoms with Crippen LogP contribution in [0.25, 0.3) is 28.0 Å². The maximum absolute atomic E-state index is 15.5. The average molecular weight is 656 g/mol. The number of aryl methyl sites for hydroxylation is 1. The second kappa shape index (κ2) is 13.0. The Morgan fingerprint density at radius 2 is 1.85 bits per heavy atom. The van der Waals surface area contributed by atoms with E-state index in [4.69, 9.17) is 14.5 Å². The second-order valence-corrected chi connectivity index (χ2v) is 13.1. The number of benzene rings is 1. The molecule has 4 heterocycles. The summed E-state index contributed by atoms with van der Waals surface area (Å²) in [5, 5.41) is 10.7. The van der Waals surface area contributed by atoms with Gasteiger partial charge in [-0.15, -0.1) is 0 Å². The van der Waals surface area contributed by atoms with Crippen LogP contribution in [0.4, 0.5) is 15.0 Å². The third-order valence-electron chi connectivity index (χ3n) is 8.09. The van der Waals surface area contributed by atoms with Crippen molar-refractivity contribution in [2.45, 2.75) is 66.0 Å². The molecule has 48 heavy (non-hydrogen) atoms. The van der Waals surface area contributed by atoms with Crippen LogP contribution < -0.4 is 10.6 Å². The van der Waals surface area contributed by atoms with Crippen LogP contribution in [0.15, 0.2) is 41.3 Å². The first kappa shape index (κ1) is 34.0. The molecule has 13 heteroatoms. The van der Waals surface area contributed by atoms with Crippen LogP contribution in [0.2, 0.25) is 0 Å². The molecule has 1 amide bonds. The molecular formula is C35H38FN7O5. The van der Waals surface area contributed by atoms with Crippen molar-refractivity contribution in [1.29, 1.82) is 5.26 Å². The molecule has 0 bridgehead atoms. The molecule has 250 valence electrons. The Balaban J connectivity index is 1.78. The van der Waals surface area contributed by atoms with Crippen molar-refractivity contribution in [3.63, 3.8) is 0 Å². The lowest BCUT2D eigenvalue weighted by molar-refractivity contribution is 0.0218. The number of hydrogen-bond donors (Lipinski definition) is 0. The number of esters is 1. The Hall–Kier alpha value is -5.38. The highest BCUT2D eigenvalue weighted by molar-refractivity contribution is 5.94. The molecular weight excluding hydrogens is 617 g/mol. The molecule has 1 aliphatic heterocycles. The molecule has 0 aliphatic carbocycles. The number of piperazine rings is 1. The van der Waals surface area contributed by atoms with Gasteiger partial charge in [0.25, 0.3) is 0 Å². The number of carbonyl (C=O) groups excluding carboxylic acids is 2. The minimum Gasteiger partial charge on any atom is -0.465 e. The van der Waals surface area contributed by atoms with Crippen LogP contribution in [0.5, 0.6) is 0 Å². The molecule has 0 spiro atoms. The lowest BCUT2D eigenvalue weighted by atomic mass is 10.0. The largest absolute Gasteiger partial charge is 0.465 e. The monoisotopic (exact) mass is 655 g/mol. The number of nitrogens with zero attached hydrogens (tertiary/aromatic N) is 7. The summed E-state index contributed by atoms with van der Waals surface area (Å²) in [4.78, 5) is 56.8. The van der Waals surface area contributed by atoms with E-state index >= 15 is 4.39 Å². The van der Waals surface area contributed by atoms with Crippen molar-refractivity contribution < 1.29 is 23.5 Å². The van der Waals surface area contributed by atoms with Gasteiger partial charge in [-0.05, 0) is 76.4 Å². The van der Waals surface area contributed by atoms with Crippen molar-refractivity contribution >= 4 is 28.9 Å². The average Bonchev–Trinajstić information content (AvgIpc) is 3.03. The van der Waals surface area contributed by atoms with Crippen LogP contribution in [0.1, 0.15) is 74.6 Å². The molecule has 12 nitrogen and oxygen atoms in total. The van der Waals surface area contributed by atoms with Crippen molar-refractivity contribution in [3.8, 4) is 23.0 Å². The Kier molecular flexibility index (Phi) is 9.22. The van der Waals surface area contributed by atoms with E-state index in [9.17, 15) is 19.6 Å². The van der Waals surface area contributed by atoms with Gasteiger partial charge in [0.05, 0.1) is 40.7 Å². The number of carbonyl (C=O) groups is 2. The molecule has 3 aromatic heterocycles. The van der Waals surface area contributed by atoms with Crippen LogP contribution in [-0.2, 0) is 9.47 Å². The second-order valence-electron chi connectivity index (χ2n) is 13.1. The highest BCUT2D eigenvalue weighted by Crippen LogP contribution is 2.35. The first-order valence-electron chi connectivity index (χ1n) is 15.6. The van der Waals surface area contributed by atoms with Gasteiger partial charge >= 0.3 is 17.8 Å². The van der Waals surface area contributed by atoms with Crippen molar-refractivity contribution in [3.05, 3.63) is 75.2 Å². The Labute approximate surface area is 277 Å². The topological polar surface area (TPSA) is 144 Å². The summed E-state index contributed by atoms with van der Waals surface area (Å²) in [5.41, 5.74) is 0.553. The summed E-state index contributed by atoms with van der Waals surface area (Å²) in [5.74, 6) is -1.23. The lowest BCUT2D eigenvalue weighted by Crippen LogP contribution is -2.55. The zero-order valence-electron chi connectivity index (χ0n) is 28.3. The maximum atomic E-state index is 15.5. The molecule has 1 aliphatic rings. The lowest BCUT2D eigenvalue weighted by Gasteiger charge is -2.41. The first-order valence-corrected chi connectivity index (χ1v) is 15.6. The van der Waals surface area contributed by atoms with Gasteiger partial charge in [-0.3, -0.25) is 4.98 Å². The molecule has 0 radical (unpaired) electrons. The maximum Gasteiger partial charge on any atom is 0.410 e. The molecule has 1 fully saturated rings. The Bertz CT molecular complexity index is 2030. The number of rotatable bonds is 5. The predicted octanol–water partition coefficient (Wildman–Crippen LogP) is 5.52. The zero-order valence-corrected chi connectivity index (χ0v) is 28.3. The van der Waals surface area contributed by atoms with Gasteiger partial charge in [0.2, 0.25) is 0 Å². The van der Waals surface area contributed by atoms with E-state index < -0.39 is 29.2 Å². The van der Waals surface area contributed by atoms with Crippen LogP contribution in [0.3, 0.4) is 0 Å². The van der Waals surface area contributed by atoms with E-state index in [2.05, 4.69) is 16.0 Å². The molecule has 0 unspecified atom stereocenters. The smallest absolute Gasteiger partial charge is 0.410 e. The summed E-state index contributed by atoms with van der Waals surface area (Å²) >= 11 is 0. The third-order valence-corrected chi connectivity index (χ3v) is 8.09. The molecule has 0 N–H and O–H groups in total. The molecule has 0 saturated carbocycles. The SMILES string of the molecule is COC(=O)c1ccc(F)c(-c2nc3c(cc2C#N)c(N2CCN(C(=O)OC(C)(C)C)C[C@@H]2C)nc(=O)n3-c2c(C)ccnc2C(C)C)c1. The third kappa shape index (κ3) is 6.43. The Morgan fingerprint density at radius 1 is 1.12 bits per heavy atom. The highest BCUT2D eigenvalue weighted by Gasteiger charge is 2.33. The summed E-state index contributed by atoms with van der Waals surface area (Å²) in [6, 6.07) is 8.78. The van der Waals surface area contributed by atoms with Crippen molar-refractivity contribution in [2.24, 2.45) is 0 Å². The van der Waals surface area contributed by atoms with Gasteiger partial charge in [-0.1, -0.05) is 13.8 Å². The summed E-state index contributed by atoms with van der Waals surface area (Å²) in [6.07, 6.45) is 1.22. The van der Waals surface area contributed by atoms with E-state index in [0.29, 0.717) is 36.4 Å². The fourth-order valence-electron chi connectivity index (χ4n) is 5.84. The summed E-state index contributed by atoms with van der Waals surface area (Å²) in [6.45, 7) is 14.0. The molecule has 4 aromatic rings. The van der Waals surface area contributed by atoms with Crippen LogP contribution in [0, 0.1) is 24.1 Å². The van der Waals surface area contributed by atoms with E-state index in [1.807, 2.05) is 32.6 Å². The Morgan fingerprint density at radius 3 is 2.48 bits per heavy atom. The molecule has 1 saturated heterocycles. The number of anilines is 1. The van der Waals surface area contributed by atoms with Crippen molar-refractivity contribution in [1.82, 2.24) is 24.4 Å². The molecule has 1 atom stereocenters. The molecule has 5 rings (SSSR count). The number of fused-ring (bicyclic) bond motifs is 1. The number of ether oxygens (including phenoxy) is 2. The predicted molar refractivity (Wildman–Crippen MR) is 178 cm³/mol. The van der Waals surface area contributed by atoms with Crippen LogP contribution >= 0.6 is 0 Å². The van der Waals surface area contributed by atoms with E-state index in [0.717, 1.165) is 11.6 Å². The van der Waals surface area contributed by atoms with E-state index in [1.165, 1.54) is 29.9 Å². The normalized spacial score (nSPS) is 15.1. The number of aromatic nitrogens is 4. The van der Waals surface area contributed by atoms with Gasteiger partial charge in [0.1, 0.15) is 23.3 Å². The minimum atomic E-state index is -0.721. The zero-order chi connectivity index (χ0) is 35.1. The van der Waals surface area contributed by atoms with Gasteiger partial charge in [0.15, 0.2) is 5.65 Å². The summed E-state index contributed by atoms with van der Waals surface area (Å²) in [7, 11) is 1.21. The number of hydrogen-bond acceptors (Lipinski definition) is 10. The van der Waals surface area contributed by atoms with Gasteiger partial charge in [-0.2, -0.15) is 10.2 Å². The van der Waals surface area contributed by atoms with E-state index in [-0.39, 0.29) is 45.8 Å². The van der Waals surface area contributed by atoms with Crippen LogP contribution in [-0.4, -0.2) is 74.9 Å². The fourth-order valence-corrected chi connectivity index (χ4v) is 5.84. The molecule has 1 aromatic carbocycles. The minimum absolute atomic E-state index is 0.00343. The van der Waals surface area contributed by atoms with Gasteiger partial charge in [0, 0.05) is 37.4 Å². The summed E-state index contributed by atoms with van der Waals surface area (Å²) < 4.78 is 27.2. The highest BCUT2D eigenvalue weighted by atomic mass is 19.1. The number of halogens is 1.